The molecule has 1 heterocycles. The molecule has 5 nitrogen and oxygen atoms in total. The third-order valence-electron chi connectivity index (χ3n) is 3.62. The molecule has 0 unspecified atom stereocenters. The summed E-state index contributed by atoms with van der Waals surface area (Å²) >= 11 is 0. The van der Waals surface area contributed by atoms with E-state index in [-0.39, 0.29) is 11.3 Å². The molecule has 0 fully saturated rings. The summed E-state index contributed by atoms with van der Waals surface area (Å²) in [5, 5.41) is 6.11. The van der Waals surface area contributed by atoms with E-state index in [9.17, 15) is 4.79 Å². The van der Waals surface area contributed by atoms with Crippen molar-refractivity contribution in [2.45, 2.75) is 26.2 Å². The molecule has 1 amide bonds. The van der Waals surface area contributed by atoms with Crippen molar-refractivity contribution in [1.29, 1.82) is 0 Å². The van der Waals surface area contributed by atoms with Crippen LogP contribution < -0.4 is 10.6 Å². The maximum Gasteiger partial charge on any atom is 0.257 e. The molecule has 0 radical (unpaired) electrons. The molecule has 24 heavy (non-hydrogen) atoms. The number of methoxy groups -OCH3 is 1. The van der Waals surface area contributed by atoms with E-state index in [4.69, 9.17) is 4.74 Å². The van der Waals surface area contributed by atoms with Crippen molar-refractivity contribution in [2.24, 2.45) is 0 Å². The van der Waals surface area contributed by atoms with E-state index in [1.807, 2.05) is 24.3 Å². The van der Waals surface area contributed by atoms with E-state index in [2.05, 4.69) is 36.4 Å². The number of nitrogens with zero attached hydrogens (tertiary/aromatic N) is 1. The SMILES string of the molecule is COCCNc1ccc(C(=O)Nc2ccccc2C(C)(C)C)cn1. The number of anilines is 2. The minimum atomic E-state index is -0.164. The zero-order chi connectivity index (χ0) is 17.6. The minimum absolute atomic E-state index is 0.0444. The summed E-state index contributed by atoms with van der Waals surface area (Å²) in [5.41, 5.74) is 2.41. The highest BCUT2D eigenvalue weighted by molar-refractivity contribution is 6.04. The summed E-state index contributed by atoms with van der Waals surface area (Å²) in [6.45, 7) is 7.65. The van der Waals surface area contributed by atoms with Gasteiger partial charge < -0.3 is 15.4 Å². The first-order valence-electron chi connectivity index (χ1n) is 8.01. The second kappa shape index (κ2) is 7.93. The lowest BCUT2D eigenvalue weighted by Crippen LogP contribution is -2.19. The number of rotatable bonds is 6. The molecule has 0 saturated carbocycles. The Bertz CT molecular complexity index is 676. The third-order valence-corrected chi connectivity index (χ3v) is 3.62. The maximum atomic E-state index is 12.5. The lowest BCUT2D eigenvalue weighted by atomic mass is 9.86. The average molecular weight is 327 g/mol. The van der Waals surface area contributed by atoms with E-state index >= 15 is 0 Å². The van der Waals surface area contributed by atoms with Gasteiger partial charge in [-0.3, -0.25) is 4.79 Å². The van der Waals surface area contributed by atoms with Gasteiger partial charge in [-0.1, -0.05) is 39.0 Å². The Labute approximate surface area is 143 Å². The van der Waals surface area contributed by atoms with Crippen LogP contribution in [0.5, 0.6) is 0 Å². The highest BCUT2D eigenvalue weighted by Crippen LogP contribution is 2.29. The molecule has 1 aromatic heterocycles. The van der Waals surface area contributed by atoms with Crippen LogP contribution in [-0.2, 0) is 10.2 Å². The fourth-order valence-corrected chi connectivity index (χ4v) is 2.35. The number of nitrogens with one attached hydrogen (secondary N) is 2. The van der Waals surface area contributed by atoms with E-state index in [0.29, 0.717) is 18.7 Å². The molecule has 128 valence electrons. The van der Waals surface area contributed by atoms with Crippen LogP contribution in [0.15, 0.2) is 42.6 Å². The van der Waals surface area contributed by atoms with Gasteiger partial charge in [0.25, 0.3) is 5.91 Å². The van der Waals surface area contributed by atoms with Gasteiger partial charge in [-0.05, 0) is 29.2 Å². The largest absolute Gasteiger partial charge is 0.383 e. The van der Waals surface area contributed by atoms with Crippen LogP contribution >= 0.6 is 0 Å². The number of carbonyl (C=O) groups excluding carboxylic acids is 1. The van der Waals surface area contributed by atoms with Crippen LogP contribution in [0.3, 0.4) is 0 Å². The Morgan fingerprint density at radius 3 is 2.54 bits per heavy atom. The first kappa shape index (κ1) is 17.9. The number of aromatic nitrogens is 1. The molecule has 2 rings (SSSR count). The number of pyridine rings is 1. The Balaban J connectivity index is 2.08. The summed E-state index contributed by atoms with van der Waals surface area (Å²) in [4.78, 5) is 16.7. The number of hydrogen-bond acceptors (Lipinski definition) is 4. The molecular weight excluding hydrogens is 302 g/mol. The topological polar surface area (TPSA) is 63.2 Å². The number of para-hydroxylation sites is 1. The zero-order valence-electron chi connectivity index (χ0n) is 14.7. The van der Waals surface area contributed by atoms with Crippen LogP contribution in [0.1, 0.15) is 36.7 Å². The van der Waals surface area contributed by atoms with Crippen LogP contribution in [0.25, 0.3) is 0 Å². The Morgan fingerprint density at radius 2 is 1.92 bits per heavy atom. The van der Waals surface area contributed by atoms with Gasteiger partial charge in [0.15, 0.2) is 0 Å². The molecule has 2 aromatic rings. The predicted octanol–water partition coefficient (Wildman–Crippen LogP) is 3.69. The molecule has 1 aromatic carbocycles. The van der Waals surface area contributed by atoms with Crippen molar-refractivity contribution >= 4 is 17.4 Å². The standard InChI is InChI=1S/C19H25N3O2/c1-19(2,3)15-7-5-6-8-16(15)22-18(23)14-9-10-17(21-13-14)20-11-12-24-4/h5-10,13H,11-12H2,1-4H3,(H,20,21)(H,22,23). The molecular formula is C19H25N3O2. The van der Waals surface area contributed by atoms with Crippen molar-refractivity contribution < 1.29 is 9.53 Å². The quantitative estimate of drug-likeness (QED) is 0.794. The first-order chi connectivity index (χ1) is 11.4. The fraction of sp³-hybridized carbons (Fsp3) is 0.368. The van der Waals surface area contributed by atoms with Gasteiger partial charge in [0, 0.05) is 25.5 Å². The maximum absolute atomic E-state index is 12.5. The highest BCUT2D eigenvalue weighted by atomic mass is 16.5. The molecule has 5 heteroatoms. The summed E-state index contributed by atoms with van der Waals surface area (Å²) < 4.78 is 4.98. The minimum Gasteiger partial charge on any atom is -0.383 e. The Kier molecular flexibility index (Phi) is 5.93. The lowest BCUT2D eigenvalue weighted by Gasteiger charge is -2.23. The van der Waals surface area contributed by atoms with Crippen molar-refractivity contribution in [2.75, 3.05) is 30.9 Å². The summed E-state index contributed by atoms with van der Waals surface area (Å²) in [6, 6.07) is 11.4. The van der Waals surface area contributed by atoms with Crippen LogP contribution in [0.2, 0.25) is 0 Å². The van der Waals surface area contributed by atoms with Gasteiger partial charge >= 0.3 is 0 Å². The smallest absolute Gasteiger partial charge is 0.257 e. The monoisotopic (exact) mass is 327 g/mol. The summed E-state index contributed by atoms with van der Waals surface area (Å²) in [6.07, 6.45) is 1.57. The second-order valence-corrected chi connectivity index (χ2v) is 6.60. The zero-order valence-corrected chi connectivity index (χ0v) is 14.7. The van der Waals surface area contributed by atoms with Crippen molar-refractivity contribution in [3.8, 4) is 0 Å². The molecule has 0 saturated heterocycles. The second-order valence-electron chi connectivity index (χ2n) is 6.60. The number of ether oxygens (including phenoxy) is 1. The average Bonchev–Trinajstić information content (AvgIpc) is 2.55. The molecule has 0 aliphatic rings. The van der Waals surface area contributed by atoms with Gasteiger partial charge in [0.2, 0.25) is 0 Å². The Morgan fingerprint density at radius 1 is 1.17 bits per heavy atom. The van der Waals surface area contributed by atoms with E-state index < -0.39 is 0 Å². The van der Waals surface area contributed by atoms with Crippen molar-refractivity contribution in [3.63, 3.8) is 0 Å². The molecule has 0 bridgehead atoms. The van der Waals surface area contributed by atoms with Crippen LogP contribution in [-0.4, -0.2) is 31.2 Å². The molecule has 0 atom stereocenters. The van der Waals surface area contributed by atoms with E-state index in [1.54, 1.807) is 25.4 Å². The Hall–Kier alpha value is -2.40. The van der Waals surface area contributed by atoms with Gasteiger partial charge in [-0.25, -0.2) is 4.98 Å². The number of amides is 1. The molecule has 0 spiro atoms. The summed E-state index contributed by atoms with van der Waals surface area (Å²) in [5.74, 6) is 0.557. The summed E-state index contributed by atoms with van der Waals surface area (Å²) in [7, 11) is 1.65. The highest BCUT2D eigenvalue weighted by Gasteiger charge is 2.19. The third kappa shape index (κ3) is 4.80. The van der Waals surface area contributed by atoms with Gasteiger partial charge in [0.05, 0.1) is 12.2 Å². The predicted molar refractivity (Wildman–Crippen MR) is 97.7 cm³/mol. The van der Waals surface area contributed by atoms with E-state index in [1.165, 1.54) is 0 Å². The number of benzene rings is 1. The van der Waals surface area contributed by atoms with Crippen molar-refractivity contribution in [3.05, 3.63) is 53.7 Å². The molecule has 0 aliphatic carbocycles. The van der Waals surface area contributed by atoms with Crippen LogP contribution in [0.4, 0.5) is 11.5 Å². The van der Waals surface area contributed by atoms with Crippen LogP contribution in [0, 0.1) is 0 Å². The first-order valence-corrected chi connectivity index (χ1v) is 8.01. The number of hydrogen-bond donors (Lipinski definition) is 2. The van der Waals surface area contributed by atoms with Gasteiger partial charge in [0.1, 0.15) is 5.82 Å². The number of carbonyl (C=O) groups is 1. The van der Waals surface area contributed by atoms with Crippen molar-refractivity contribution in [1.82, 2.24) is 4.98 Å². The molecule has 0 aliphatic heterocycles. The fourth-order valence-electron chi connectivity index (χ4n) is 2.35. The van der Waals surface area contributed by atoms with E-state index in [0.717, 1.165) is 17.1 Å². The van der Waals surface area contributed by atoms with Gasteiger partial charge in [-0.2, -0.15) is 0 Å². The molecule has 2 N–H and O–H groups in total. The van der Waals surface area contributed by atoms with Gasteiger partial charge in [-0.15, -0.1) is 0 Å². The normalized spacial score (nSPS) is 11.2. The lowest BCUT2D eigenvalue weighted by molar-refractivity contribution is 0.102.